The number of benzene rings is 3. The van der Waals surface area contributed by atoms with Crippen LogP contribution in [-0.4, -0.2) is 34.2 Å². The highest BCUT2D eigenvalue weighted by atomic mass is 35.5. The molecule has 0 radical (unpaired) electrons. The van der Waals surface area contributed by atoms with E-state index in [9.17, 15) is 4.79 Å². The second-order valence-corrected chi connectivity index (χ2v) is 7.84. The van der Waals surface area contributed by atoms with Gasteiger partial charge in [-0.1, -0.05) is 36.4 Å². The lowest BCUT2D eigenvalue weighted by molar-refractivity contribution is -0.688. The summed E-state index contributed by atoms with van der Waals surface area (Å²) in [6.45, 7) is 0.219. The number of methoxy groups -OCH3 is 4. The molecule has 0 aliphatic carbocycles. The Morgan fingerprint density at radius 3 is 2.03 bits per heavy atom. The van der Waals surface area contributed by atoms with Crippen molar-refractivity contribution in [3.8, 4) is 23.0 Å². The van der Waals surface area contributed by atoms with Crippen LogP contribution in [0.3, 0.4) is 0 Å². The summed E-state index contributed by atoms with van der Waals surface area (Å²) in [6.07, 6.45) is 2.53. The van der Waals surface area contributed by atoms with Crippen LogP contribution in [0, 0.1) is 0 Å². The summed E-state index contributed by atoms with van der Waals surface area (Å²) in [5.41, 5.74) is 2.69. The molecule has 1 heterocycles. The predicted octanol–water partition coefficient (Wildman–Crippen LogP) is 1.64. The Balaban J connectivity index is 0.00000342. The second kappa shape index (κ2) is 11.6. The van der Waals surface area contributed by atoms with Gasteiger partial charge in [0.2, 0.25) is 12.3 Å². The minimum atomic E-state index is 0. The zero-order chi connectivity index (χ0) is 24.1. The second-order valence-electron chi connectivity index (χ2n) is 7.84. The summed E-state index contributed by atoms with van der Waals surface area (Å²) >= 11 is 0. The number of hydrogen-bond acceptors (Lipinski definition) is 5. The van der Waals surface area contributed by atoms with E-state index in [1.807, 2.05) is 77.5 Å². The number of pyridine rings is 1. The number of halogens is 1. The molecule has 0 bridgehead atoms. The number of hydrogen-bond donors (Lipinski definition) is 0. The molecule has 0 unspecified atom stereocenters. The van der Waals surface area contributed by atoms with Crippen molar-refractivity contribution in [2.24, 2.45) is 0 Å². The molecule has 0 fully saturated rings. The summed E-state index contributed by atoms with van der Waals surface area (Å²) in [4.78, 5) is 13.1. The van der Waals surface area contributed by atoms with Crippen LogP contribution in [0.1, 0.15) is 21.6 Å². The van der Waals surface area contributed by atoms with Crippen molar-refractivity contribution >= 4 is 16.6 Å². The number of ether oxygens (including phenoxy) is 4. The van der Waals surface area contributed by atoms with Gasteiger partial charge in [0.1, 0.15) is 0 Å². The van der Waals surface area contributed by atoms with Crippen LogP contribution in [0.25, 0.3) is 10.8 Å². The van der Waals surface area contributed by atoms with Gasteiger partial charge in [0, 0.05) is 11.6 Å². The highest BCUT2D eigenvalue weighted by Gasteiger charge is 2.22. The number of nitrogens with zero attached hydrogens (tertiary/aromatic N) is 1. The molecule has 0 atom stereocenters. The fraction of sp³-hybridized carbons (Fsp3) is 0.214. The fourth-order valence-corrected chi connectivity index (χ4v) is 4.10. The molecule has 182 valence electrons. The van der Waals surface area contributed by atoms with Gasteiger partial charge in [0.15, 0.2) is 34.9 Å². The van der Waals surface area contributed by atoms with Gasteiger partial charge >= 0.3 is 0 Å². The number of aromatic nitrogens is 1. The molecule has 6 nitrogen and oxygen atoms in total. The van der Waals surface area contributed by atoms with E-state index in [4.69, 9.17) is 18.9 Å². The third kappa shape index (κ3) is 5.49. The molecule has 0 N–H and O–H groups in total. The van der Waals surface area contributed by atoms with Crippen LogP contribution in [-0.2, 0) is 13.0 Å². The van der Waals surface area contributed by atoms with Gasteiger partial charge in [-0.25, -0.2) is 0 Å². The first-order valence-corrected chi connectivity index (χ1v) is 10.9. The van der Waals surface area contributed by atoms with Crippen molar-refractivity contribution in [1.29, 1.82) is 0 Å². The van der Waals surface area contributed by atoms with Crippen LogP contribution in [0.4, 0.5) is 0 Å². The summed E-state index contributed by atoms with van der Waals surface area (Å²) in [5, 5.41) is 1.98. The lowest BCUT2D eigenvalue weighted by Crippen LogP contribution is -3.00. The molecule has 0 saturated heterocycles. The summed E-state index contributed by atoms with van der Waals surface area (Å²) in [6, 6.07) is 21.1. The Bertz CT molecular complexity index is 1320. The first kappa shape index (κ1) is 25.8. The molecule has 0 aliphatic rings. The standard InChI is InChI=1S/C28H28NO5.ClH/c1-31-25-11-10-19(15-26(25)32-2)14-23-22-17-28(34-4)27(33-3)16-21(22)12-13-29(23)18-24(30)20-8-6-5-7-9-20;/h5-13,15-17H,14,18H2,1-4H3;1H/q+1;/p-1. The van der Waals surface area contributed by atoms with Crippen molar-refractivity contribution in [3.05, 3.63) is 89.7 Å². The van der Waals surface area contributed by atoms with Gasteiger partial charge in [-0.15, -0.1) is 0 Å². The van der Waals surface area contributed by atoms with E-state index in [0.29, 0.717) is 35.0 Å². The lowest BCUT2D eigenvalue weighted by Gasteiger charge is -2.13. The Kier molecular flexibility index (Phi) is 8.55. The number of Topliss-reactive ketones (excluding diaryl/α,β-unsaturated/α-hetero) is 1. The molecular weight excluding hydrogens is 466 g/mol. The zero-order valence-corrected chi connectivity index (χ0v) is 21.0. The van der Waals surface area contributed by atoms with Crippen LogP contribution >= 0.6 is 0 Å². The highest BCUT2D eigenvalue weighted by Crippen LogP contribution is 2.34. The van der Waals surface area contributed by atoms with Crippen molar-refractivity contribution in [3.63, 3.8) is 0 Å². The van der Waals surface area contributed by atoms with E-state index in [1.165, 1.54) is 0 Å². The molecule has 1 aromatic heterocycles. The molecule has 35 heavy (non-hydrogen) atoms. The van der Waals surface area contributed by atoms with Gasteiger partial charge in [-0.05, 0) is 35.2 Å². The Morgan fingerprint density at radius 2 is 1.37 bits per heavy atom. The average molecular weight is 494 g/mol. The number of rotatable bonds is 9. The topological polar surface area (TPSA) is 57.9 Å². The molecule has 0 saturated carbocycles. The molecule has 4 rings (SSSR count). The number of carbonyl (C=O) groups excluding carboxylic acids is 1. The van der Waals surface area contributed by atoms with E-state index < -0.39 is 0 Å². The lowest BCUT2D eigenvalue weighted by atomic mass is 10.0. The van der Waals surface area contributed by atoms with E-state index in [-0.39, 0.29) is 24.7 Å². The zero-order valence-electron chi connectivity index (χ0n) is 20.2. The van der Waals surface area contributed by atoms with Crippen LogP contribution < -0.4 is 35.9 Å². The van der Waals surface area contributed by atoms with Crippen molar-refractivity contribution < 1.29 is 40.7 Å². The first-order valence-electron chi connectivity index (χ1n) is 10.9. The monoisotopic (exact) mass is 493 g/mol. The molecule has 0 aliphatic heterocycles. The highest BCUT2D eigenvalue weighted by molar-refractivity contribution is 5.95. The quantitative estimate of drug-likeness (QED) is 0.262. The Morgan fingerprint density at radius 1 is 0.743 bits per heavy atom. The molecule has 3 aromatic carbocycles. The molecule has 0 spiro atoms. The third-order valence-electron chi connectivity index (χ3n) is 5.88. The Labute approximate surface area is 211 Å². The van der Waals surface area contributed by atoms with Gasteiger partial charge in [-0.3, -0.25) is 4.79 Å². The fourth-order valence-electron chi connectivity index (χ4n) is 4.10. The van der Waals surface area contributed by atoms with E-state index in [2.05, 4.69) is 0 Å². The van der Waals surface area contributed by atoms with Gasteiger partial charge in [0.25, 0.3) is 0 Å². The van der Waals surface area contributed by atoms with Crippen LogP contribution in [0.5, 0.6) is 23.0 Å². The summed E-state index contributed by atoms with van der Waals surface area (Å²) in [7, 11) is 6.48. The Hall–Kier alpha value is -3.77. The molecule has 0 amide bonds. The number of carbonyl (C=O) groups is 1. The minimum absolute atomic E-state index is 0. The van der Waals surface area contributed by atoms with Crippen LogP contribution in [0.2, 0.25) is 0 Å². The van der Waals surface area contributed by atoms with Gasteiger partial charge in [-0.2, -0.15) is 4.57 Å². The molecular formula is C28H28ClNO5. The normalized spacial score (nSPS) is 10.4. The van der Waals surface area contributed by atoms with Crippen molar-refractivity contribution in [2.45, 2.75) is 13.0 Å². The van der Waals surface area contributed by atoms with Crippen LogP contribution in [0.15, 0.2) is 72.9 Å². The SMILES string of the molecule is COc1ccc(Cc2c3cc(OC)c(OC)cc3cc[n+]2CC(=O)c2ccccc2)cc1OC.[Cl-]. The maximum atomic E-state index is 13.1. The van der Waals surface area contributed by atoms with E-state index in [0.717, 1.165) is 22.0 Å². The molecule has 7 heteroatoms. The van der Waals surface area contributed by atoms with E-state index in [1.54, 1.807) is 28.4 Å². The summed E-state index contributed by atoms with van der Waals surface area (Å²) in [5.74, 6) is 2.66. The minimum Gasteiger partial charge on any atom is -1.00 e. The van der Waals surface area contributed by atoms with Crippen molar-refractivity contribution in [1.82, 2.24) is 0 Å². The maximum absolute atomic E-state index is 13.1. The van der Waals surface area contributed by atoms with E-state index >= 15 is 0 Å². The number of fused-ring (bicyclic) bond motifs is 1. The summed E-state index contributed by atoms with van der Waals surface area (Å²) < 4.78 is 24.0. The smallest absolute Gasteiger partial charge is 0.227 e. The van der Waals surface area contributed by atoms with Crippen molar-refractivity contribution in [2.75, 3.05) is 28.4 Å². The third-order valence-corrected chi connectivity index (χ3v) is 5.88. The number of ketones is 1. The predicted molar refractivity (Wildman–Crippen MR) is 130 cm³/mol. The molecule has 4 aromatic rings. The average Bonchev–Trinajstić information content (AvgIpc) is 2.89. The first-order chi connectivity index (χ1) is 16.6. The van der Waals surface area contributed by atoms with Gasteiger partial charge < -0.3 is 31.4 Å². The largest absolute Gasteiger partial charge is 1.00 e. The van der Waals surface area contributed by atoms with Gasteiger partial charge in [0.05, 0.1) is 40.2 Å². The maximum Gasteiger partial charge on any atom is 0.227 e.